The van der Waals surface area contributed by atoms with Gasteiger partial charge in [-0.1, -0.05) is 0 Å². The van der Waals surface area contributed by atoms with Crippen LogP contribution in [0.15, 0.2) is 18.3 Å². The SMILES string of the molecule is N=CN(C(N)=O)C1CCN(c2ccc(N)cn2)CC1. The maximum absolute atomic E-state index is 11.2. The van der Waals surface area contributed by atoms with Gasteiger partial charge in [-0.2, -0.15) is 0 Å². The molecule has 2 amide bonds. The van der Waals surface area contributed by atoms with Gasteiger partial charge in [-0.15, -0.1) is 0 Å². The summed E-state index contributed by atoms with van der Waals surface area (Å²) in [5.74, 6) is 0.883. The largest absolute Gasteiger partial charge is 0.397 e. The number of pyridine rings is 1. The van der Waals surface area contributed by atoms with Crippen molar-refractivity contribution in [1.29, 1.82) is 5.41 Å². The van der Waals surface area contributed by atoms with Crippen LogP contribution in [0.25, 0.3) is 0 Å². The highest BCUT2D eigenvalue weighted by Crippen LogP contribution is 2.20. The first-order chi connectivity index (χ1) is 9.11. The number of aromatic nitrogens is 1. The number of anilines is 2. The van der Waals surface area contributed by atoms with E-state index in [9.17, 15) is 4.79 Å². The maximum Gasteiger partial charge on any atom is 0.320 e. The molecule has 2 rings (SSSR count). The fraction of sp³-hybridized carbons (Fsp3) is 0.417. The smallest absolute Gasteiger partial charge is 0.320 e. The van der Waals surface area contributed by atoms with Gasteiger partial charge in [0.15, 0.2) is 0 Å². The first kappa shape index (κ1) is 13.1. The quantitative estimate of drug-likeness (QED) is 0.547. The average molecular weight is 262 g/mol. The lowest BCUT2D eigenvalue weighted by Crippen LogP contribution is -2.48. The third-order valence-electron chi connectivity index (χ3n) is 3.35. The van der Waals surface area contributed by atoms with Crippen LogP contribution in [0.2, 0.25) is 0 Å². The number of nitrogens with one attached hydrogen (secondary N) is 1. The number of urea groups is 1. The van der Waals surface area contributed by atoms with Crippen LogP contribution in [0.3, 0.4) is 0 Å². The van der Waals surface area contributed by atoms with E-state index in [0.717, 1.165) is 38.1 Å². The Hall–Kier alpha value is -2.31. The standard InChI is InChI=1S/C12H18N6O/c13-8-18(12(15)19)10-3-5-17(6-4-10)11-2-1-9(14)7-16-11/h1-2,7-8,10,13H,3-6,14H2,(H2,15,19). The molecule has 1 saturated heterocycles. The summed E-state index contributed by atoms with van der Waals surface area (Å²) in [5.41, 5.74) is 11.5. The van der Waals surface area contributed by atoms with E-state index >= 15 is 0 Å². The third kappa shape index (κ3) is 2.93. The van der Waals surface area contributed by atoms with Crippen LogP contribution in [0.5, 0.6) is 0 Å². The van der Waals surface area contributed by atoms with Gasteiger partial charge in [-0.25, -0.2) is 9.78 Å². The summed E-state index contributed by atoms with van der Waals surface area (Å²) in [7, 11) is 0. The molecule has 19 heavy (non-hydrogen) atoms. The molecule has 1 aliphatic heterocycles. The molecule has 5 N–H and O–H groups in total. The summed E-state index contributed by atoms with van der Waals surface area (Å²) >= 11 is 0. The summed E-state index contributed by atoms with van der Waals surface area (Å²) < 4.78 is 0. The normalized spacial score (nSPS) is 16.1. The average Bonchev–Trinajstić information content (AvgIpc) is 2.41. The van der Waals surface area contributed by atoms with Crippen LogP contribution in [-0.2, 0) is 0 Å². The first-order valence-corrected chi connectivity index (χ1v) is 6.16. The summed E-state index contributed by atoms with van der Waals surface area (Å²) in [6.07, 6.45) is 4.17. The van der Waals surface area contributed by atoms with Crippen LogP contribution >= 0.6 is 0 Å². The number of primary amides is 1. The molecule has 0 radical (unpaired) electrons. The van der Waals surface area contributed by atoms with Crippen molar-refractivity contribution in [2.45, 2.75) is 18.9 Å². The van der Waals surface area contributed by atoms with Crippen LogP contribution < -0.4 is 16.4 Å². The molecule has 1 aromatic rings. The Bertz CT molecular complexity index is 452. The van der Waals surface area contributed by atoms with Gasteiger partial charge in [0.2, 0.25) is 0 Å². The van der Waals surface area contributed by atoms with Crippen molar-refractivity contribution in [2.75, 3.05) is 23.7 Å². The Morgan fingerprint density at radius 1 is 1.47 bits per heavy atom. The number of carbonyl (C=O) groups is 1. The predicted molar refractivity (Wildman–Crippen MR) is 74.1 cm³/mol. The van der Waals surface area contributed by atoms with E-state index in [0.29, 0.717) is 5.69 Å². The Balaban J connectivity index is 1.97. The number of hydrogen-bond acceptors (Lipinski definition) is 5. The molecule has 0 bridgehead atoms. The first-order valence-electron chi connectivity index (χ1n) is 6.16. The fourth-order valence-corrected chi connectivity index (χ4v) is 2.31. The molecule has 0 spiro atoms. The summed E-state index contributed by atoms with van der Waals surface area (Å²) in [5, 5.41) is 7.22. The zero-order valence-electron chi connectivity index (χ0n) is 10.6. The molecule has 2 heterocycles. The lowest BCUT2D eigenvalue weighted by Gasteiger charge is -2.36. The molecule has 0 unspecified atom stereocenters. The molecule has 7 nitrogen and oxygen atoms in total. The number of amides is 2. The minimum atomic E-state index is -0.570. The van der Waals surface area contributed by atoms with Crippen molar-refractivity contribution in [3.05, 3.63) is 18.3 Å². The highest BCUT2D eigenvalue weighted by atomic mass is 16.2. The lowest BCUT2D eigenvalue weighted by atomic mass is 10.0. The molecule has 102 valence electrons. The zero-order valence-corrected chi connectivity index (χ0v) is 10.6. The maximum atomic E-state index is 11.2. The fourth-order valence-electron chi connectivity index (χ4n) is 2.31. The molecule has 1 aromatic heterocycles. The Kier molecular flexibility index (Phi) is 3.84. The monoisotopic (exact) mass is 262 g/mol. The number of nitrogens with two attached hydrogens (primary N) is 2. The second-order valence-corrected chi connectivity index (χ2v) is 4.54. The van der Waals surface area contributed by atoms with Gasteiger partial charge >= 0.3 is 6.03 Å². The van der Waals surface area contributed by atoms with Crippen molar-refractivity contribution < 1.29 is 4.79 Å². The highest BCUT2D eigenvalue weighted by molar-refractivity contribution is 5.84. The van der Waals surface area contributed by atoms with E-state index < -0.39 is 6.03 Å². The number of nitrogen functional groups attached to an aromatic ring is 1. The number of carbonyl (C=O) groups excluding carboxylic acids is 1. The second kappa shape index (κ2) is 5.55. The topological polar surface area (TPSA) is 112 Å². The van der Waals surface area contributed by atoms with Crippen molar-refractivity contribution in [3.8, 4) is 0 Å². The summed E-state index contributed by atoms with van der Waals surface area (Å²) in [4.78, 5) is 18.9. The molecule has 1 aliphatic rings. The number of rotatable bonds is 3. The zero-order chi connectivity index (χ0) is 13.8. The minimum Gasteiger partial charge on any atom is -0.397 e. The van der Waals surface area contributed by atoms with E-state index in [1.54, 1.807) is 6.20 Å². The number of piperidine rings is 1. The third-order valence-corrected chi connectivity index (χ3v) is 3.35. The van der Waals surface area contributed by atoms with Crippen LogP contribution in [0.4, 0.5) is 16.3 Å². The molecular formula is C12H18N6O. The molecule has 1 fully saturated rings. The van der Waals surface area contributed by atoms with Crippen molar-refractivity contribution >= 4 is 23.9 Å². The minimum absolute atomic E-state index is 0.0000293. The lowest BCUT2D eigenvalue weighted by molar-refractivity contribution is 0.211. The molecular weight excluding hydrogens is 244 g/mol. The van der Waals surface area contributed by atoms with Crippen molar-refractivity contribution in [2.24, 2.45) is 5.73 Å². The Morgan fingerprint density at radius 3 is 2.63 bits per heavy atom. The second-order valence-electron chi connectivity index (χ2n) is 4.54. The molecule has 0 atom stereocenters. The highest BCUT2D eigenvalue weighted by Gasteiger charge is 2.26. The molecule has 0 saturated carbocycles. The Labute approximate surface area is 111 Å². The van der Waals surface area contributed by atoms with Crippen LogP contribution in [-0.4, -0.2) is 41.4 Å². The van der Waals surface area contributed by atoms with E-state index in [-0.39, 0.29) is 6.04 Å². The van der Waals surface area contributed by atoms with E-state index in [4.69, 9.17) is 16.9 Å². The summed E-state index contributed by atoms with van der Waals surface area (Å²) in [6.45, 7) is 1.55. The predicted octanol–water partition coefficient (Wildman–Crippen LogP) is 0.620. The molecule has 0 aliphatic carbocycles. The van der Waals surface area contributed by atoms with Crippen molar-refractivity contribution in [3.63, 3.8) is 0 Å². The van der Waals surface area contributed by atoms with Gasteiger partial charge in [-0.3, -0.25) is 10.3 Å². The molecule has 7 heteroatoms. The van der Waals surface area contributed by atoms with E-state index in [1.807, 2.05) is 12.1 Å². The van der Waals surface area contributed by atoms with Gasteiger partial charge in [0.25, 0.3) is 0 Å². The van der Waals surface area contributed by atoms with E-state index in [2.05, 4.69) is 9.88 Å². The number of hydrogen-bond donors (Lipinski definition) is 3. The number of nitrogens with zero attached hydrogens (tertiary/aromatic N) is 3. The van der Waals surface area contributed by atoms with Gasteiger partial charge in [-0.05, 0) is 25.0 Å². The summed E-state index contributed by atoms with van der Waals surface area (Å²) in [6, 6.07) is 3.14. The van der Waals surface area contributed by atoms with Crippen LogP contribution in [0.1, 0.15) is 12.8 Å². The van der Waals surface area contributed by atoms with Gasteiger partial charge in [0.1, 0.15) is 5.82 Å². The van der Waals surface area contributed by atoms with Gasteiger partial charge in [0.05, 0.1) is 18.2 Å². The van der Waals surface area contributed by atoms with Crippen molar-refractivity contribution in [1.82, 2.24) is 9.88 Å². The Morgan fingerprint density at radius 2 is 2.16 bits per heavy atom. The van der Waals surface area contributed by atoms with Crippen LogP contribution in [0, 0.1) is 5.41 Å². The van der Waals surface area contributed by atoms with E-state index in [1.165, 1.54) is 4.90 Å². The van der Waals surface area contributed by atoms with Gasteiger partial charge in [0, 0.05) is 19.1 Å². The van der Waals surface area contributed by atoms with Gasteiger partial charge < -0.3 is 16.4 Å². The molecule has 0 aromatic carbocycles.